The number of hydrogen-bond acceptors (Lipinski definition) is 5. The first-order chi connectivity index (χ1) is 12.1. The van der Waals surface area contributed by atoms with Crippen molar-refractivity contribution in [3.63, 3.8) is 0 Å². The molecule has 1 N–H and O–H groups in total. The molecule has 1 aliphatic heterocycles. The summed E-state index contributed by atoms with van der Waals surface area (Å²) in [6.45, 7) is 7.30. The van der Waals surface area contributed by atoms with E-state index in [2.05, 4.69) is 15.5 Å². The van der Waals surface area contributed by atoms with Crippen LogP contribution in [0.1, 0.15) is 63.3 Å². The molecule has 2 aromatic rings. The number of ether oxygens (including phenoxy) is 1. The van der Waals surface area contributed by atoms with Crippen LogP contribution in [0.4, 0.5) is 0 Å². The molecule has 25 heavy (non-hydrogen) atoms. The quantitative estimate of drug-likeness (QED) is 0.870. The van der Waals surface area contributed by atoms with Crippen molar-refractivity contribution in [3.05, 3.63) is 36.2 Å². The van der Waals surface area contributed by atoms with Crippen molar-refractivity contribution >= 4 is 5.91 Å². The fourth-order valence-electron chi connectivity index (χ4n) is 3.05. The summed E-state index contributed by atoms with van der Waals surface area (Å²) in [4.78, 5) is 17.3. The molecule has 7 heteroatoms. The number of carbonyl (C=O) groups is 1. The molecule has 0 spiro atoms. The lowest BCUT2D eigenvalue weighted by Crippen LogP contribution is -2.39. The molecule has 0 saturated carbocycles. The summed E-state index contributed by atoms with van der Waals surface area (Å²) >= 11 is 0. The fourth-order valence-corrected chi connectivity index (χ4v) is 3.05. The van der Waals surface area contributed by atoms with Crippen LogP contribution < -0.4 is 5.32 Å². The zero-order valence-electron chi connectivity index (χ0n) is 15.0. The number of amides is 1. The molecule has 3 rings (SSSR count). The molecule has 3 heterocycles. The molecule has 1 saturated heterocycles. The third-order valence-corrected chi connectivity index (χ3v) is 4.73. The predicted molar refractivity (Wildman–Crippen MR) is 92.0 cm³/mol. The molecule has 0 radical (unpaired) electrons. The largest absolute Gasteiger partial charge is 0.381 e. The average molecular weight is 346 g/mol. The van der Waals surface area contributed by atoms with Crippen molar-refractivity contribution in [1.82, 2.24) is 20.0 Å². The first-order valence-electron chi connectivity index (χ1n) is 8.90. The average Bonchev–Trinajstić information content (AvgIpc) is 3.31. The highest BCUT2D eigenvalue weighted by molar-refractivity contribution is 5.80. The van der Waals surface area contributed by atoms with Gasteiger partial charge in [0.1, 0.15) is 12.1 Å². The lowest BCUT2D eigenvalue weighted by Gasteiger charge is -2.29. The van der Waals surface area contributed by atoms with Gasteiger partial charge in [0.05, 0.1) is 0 Å². The van der Waals surface area contributed by atoms with Crippen LogP contribution in [0.5, 0.6) is 0 Å². The van der Waals surface area contributed by atoms with Crippen LogP contribution in [0.3, 0.4) is 0 Å². The van der Waals surface area contributed by atoms with Gasteiger partial charge in [-0.1, -0.05) is 19.0 Å². The van der Waals surface area contributed by atoms with Crippen molar-refractivity contribution in [3.8, 4) is 0 Å². The lowest BCUT2D eigenvalue weighted by molar-refractivity contribution is -0.125. The molecule has 2 aromatic heterocycles. The van der Waals surface area contributed by atoms with Crippen molar-refractivity contribution in [2.45, 2.75) is 51.6 Å². The van der Waals surface area contributed by atoms with E-state index in [4.69, 9.17) is 9.26 Å². The zero-order chi connectivity index (χ0) is 17.8. The van der Waals surface area contributed by atoms with Crippen LogP contribution in [0.15, 0.2) is 29.0 Å². The van der Waals surface area contributed by atoms with Gasteiger partial charge in [0.15, 0.2) is 5.82 Å². The number of hydrogen-bond donors (Lipinski definition) is 1. The Balaban J connectivity index is 1.79. The lowest BCUT2D eigenvalue weighted by atomic mass is 9.91. The van der Waals surface area contributed by atoms with Crippen LogP contribution in [0.25, 0.3) is 0 Å². The maximum absolute atomic E-state index is 12.8. The van der Waals surface area contributed by atoms with Crippen LogP contribution in [0.2, 0.25) is 0 Å². The van der Waals surface area contributed by atoms with Crippen molar-refractivity contribution in [2.24, 2.45) is 5.92 Å². The molecule has 136 valence electrons. The van der Waals surface area contributed by atoms with Crippen LogP contribution >= 0.6 is 0 Å². The molecule has 1 amide bonds. The summed E-state index contributed by atoms with van der Waals surface area (Å²) in [7, 11) is 0. The number of carbonyl (C=O) groups excluding carboxylic acids is 1. The summed E-state index contributed by atoms with van der Waals surface area (Å²) in [6, 6.07) is 3.23. The van der Waals surface area contributed by atoms with E-state index in [-0.39, 0.29) is 29.8 Å². The second kappa shape index (κ2) is 7.82. The Hall–Kier alpha value is -2.15. The molecule has 0 aliphatic carbocycles. The highest BCUT2D eigenvalue weighted by atomic mass is 16.5. The highest BCUT2D eigenvalue weighted by Gasteiger charge is 2.32. The number of nitrogens with zero attached hydrogens (tertiary/aromatic N) is 3. The van der Waals surface area contributed by atoms with Crippen LogP contribution in [-0.2, 0) is 9.53 Å². The Bertz CT molecular complexity index is 674. The minimum absolute atomic E-state index is 0.0583. The van der Waals surface area contributed by atoms with Crippen molar-refractivity contribution in [1.29, 1.82) is 0 Å². The van der Waals surface area contributed by atoms with Gasteiger partial charge < -0.3 is 19.1 Å². The smallest absolute Gasteiger partial charge is 0.249 e. The van der Waals surface area contributed by atoms with Gasteiger partial charge in [0.25, 0.3) is 0 Å². The number of nitrogens with one attached hydrogen (secondary N) is 1. The molecule has 2 atom stereocenters. The molecule has 0 unspecified atom stereocenters. The Labute approximate surface area is 147 Å². The highest BCUT2D eigenvalue weighted by Crippen LogP contribution is 2.30. The summed E-state index contributed by atoms with van der Waals surface area (Å²) < 4.78 is 12.8. The second-order valence-corrected chi connectivity index (χ2v) is 6.89. The summed E-state index contributed by atoms with van der Waals surface area (Å²) in [5.41, 5.74) is 0. The standard InChI is InChI=1S/C18H26N4O3/c1-12(2)16-20-18(25-21-16)15(14-6-10-24-11-7-14)19-17(23)13(3)22-8-4-5-9-22/h4-5,8-9,12-15H,6-7,10-11H2,1-3H3,(H,19,23)/t13-,15+/m0/s1. The third kappa shape index (κ3) is 4.10. The van der Waals surface area contributed by atoms with Gasteiger partial charge in [0, 0.05) is 31.5 Å². The second-order valence-electron chi connectivity index (χ2n) is 6.89. The summed E-state index contributed by atoms with van der Waals surface area (Å²) in [6.07, 6.45) is 5.50. The van der Waals surface area contributed by atoms with E-state index in [1.54, 1.807) is 0 Å². The number of aromatic nitrogens is 3. The predicted octanol–water partition coefficient (Wildman–Crippen LogP) is 2.84. The molecular weight excluding hydrogens is 320 g/mol. The van der Waals surface area contributed by atoms with Gasteiger partial charge in [-0.3, -0.25) is 4.79 Å². The summed E-state index contributed by atoms with van der Waals surface area (Å²) in [5, 5.41) is 7.19. The van der Waals surface area contributed by atoms with Crippen molar-refractivity contribution < 1.29 is 14.1 Å². The van der Waals surface area contributed by atoms with Crippen LogP contribution in [-0.4, -0.2) is 33.8 Å². The monoisotopic (exact) mass is 346 g/mol. The summed E-state index contributed by atoms with van der Waals surface area (Å²) in [5.74, 6) is 1.51. The Kier molecular flexibility index (Phi) is 5.53. The maximum atomic E-state index is 12.8. The van der Waals surface area contributed by atoms with Gasteiger partial charge in [-0.25, -0.2) is 0 Å². The van der Waals surface area contributed by atoms with E-state index < -0.39 is 0 Å². The first-order valence-corrected chi connectivity index (χ1v) is 8.90. The maximum Gasteiger partial charge on any atom is 0.249 e. The van der Waals surface area contributed by atoms with E-state index in [1.165, 1.54) is 0 Å². The topological polar surface area (TPSA) is 82.2 Å². The SMILES string of the molecule is CC(C)c1noc([C@H](NC(=O)[C@H](C)n2cccc2)C2CCOCC2)n1. The van der Waals surface area contributed by atoms with Crippen molar-refractivity contribution in [2.75, 3.05) is 13.2 Å². The normalized spacial score (nSPS) is 18.2. The fraction of sp³-hybridized carbons (Fsp3) is 0.611. The van der Waals surface area contributed by atoms with E-state index >= 15 is 0 Å². The third-order valence-electron chi connectivity index (χ3n) is 4.73. The molecule has 0 aromatic carbocycles. The zero-order valence-corrected chi connectivity index (χ0v) is 15.0. The van der Waals surface area contributed by atoms with Crippen LogP contribution in [0, 0.1) is 5.92 Å². The minimum atomic E-state index is -0.301. The molecule has 1 fully saturated rings. The van der Waals surface area contributed by atoms with Gasteiger partial charge in [0.2, 0.25) is 11.8 Å². The van der Waals surface area contributed by atoms with Gasteiger partial charge in [-0.2, -0.15) is 4.98 Å². The molecule has 7 nitrogen and oxygen atoms in total. The Morgan fingerprint density at radius 1 is 1.24 bits per heavy atom. The van der Waals surface area contributed by atoms with Gasteiger partial charge in [-0.05, 0) is 37.8 Å². The molecular formula is C18H26N4O3. The van der Waals surface area contributed by atoms with E-state index in [0.717, 1.165) is 12.8 Å². The van der Waals surface area contributed by atoms with E-state index in [0.29, 0.717) is 24.9 Å². The molecule has 0 bridgehead atoms. The Morgan fingerprint density at radius 3 is 2.52 bits per heavy atom. The molecule has 1 aliphatic rings. The Morgan fingerprint density at radius 2 is 1.92 bits per heavy atom. The first kappa shape index (κ1) is 17.7. The minimum Gasteiger partial charge on any atom is -0.381 e. The van der Waals surface area contributed by atoms with E-state index in [1.807, 2.05) is 49.9 Å². The van der Waals surface area contributed by atoms with E-state index in [9.17, 15) is 4.79 Å². The van der Waals surface area contributed by atoms with Gasteiger partial charge in [-0.15, -0.1) is 0 Å². The number of rotatable bonds is 6. The van der Waals surface area contributed by atoms with Gasteiger partial charge >= 0.3 is 0 Å².